The minimum absolute atomic E-state index is 0.0696. The van der Waals surface area contributed by atoms with Crippen LogP contribution in [-0.4, -0.2) is 34.3 Å². The largest absolute Gasteiger partial charge is 0.393 e. The molecule has 102 valence electrons. The predicted octanol–water partition coefficient (Wildman–Crippen LogP) is 1.48. The van der Waals surface area contributed by atoms with Crippen molar-refractivity contribution >= 4 is 5.95 Å². The number of aromatic nitrogens is 2. The molecule has 2 fully saturated rings. The van der Waals surface area contributed by atoms with Crippen LogP contribution in [-0.2, 0) is 12.8 Å². The van der Waals surface area contributed by atoms with Gasteiger partial charge in [0.05, 0.1) is 6.10 Å². The molecule has 2 aliphatic carbocycles. The number of fused-ring (bicyclic) bond motifs is 2. The maximum absolute atomic E-state index is 9.71. The van der Waals surface area contributed by atoms with Crippen LogP contribution in [0.3, 0.4) is 0 Å². The van der Waals surface area contributed by atoms with Crippen molar-refractivity contribution in [2.24, 2.45) is 11.8 Å². The van der Waals surface area contributed by atoms with E-state index in [9.17, 15) is 5.11 Å². The molecule has 3 aliphatic rings. The first-order valence-corrected chi connectivity index (χ1v) is 7.50. The lowest BCUT2D eigenvalue weighted by Gasteiger charge is -2.19. The van der Waals surface area contributed by atoms with Crippen molar-refractivity contribution in [3.05, 3.63) is 17.0 Å². The van der Waals surface area contributed by atoms with Crippen molar-refractivity contribution in [3.63, 3.8) is 0 Å². The van der Waals surface area contributed by atoms with Crippen LogP contribution in [0.2, 0.25) is 0 Å². The smallest absolute Gasteiger partial charge is 0.225 e. The number of aliphatic hydroxyl groups is 1. The van der Waals surface area contributed by atoms with E-state index in [1.807, 2.05) is 0 Å². The van der Waals surface area contributed by atoms with Gasteiger partial charge in [-0.1, -0.05) is 0 Å². The molecule has 0 radical (unpaired) electrons. The molecule has 19 heavy (non-hydrogen) atoms. The van der Waals surface area contributed by atoms with Gasteiger partial charge in [-0.05, 0) is 56.4 Å². The van der Waals surface area contributed by atoms with Crippen molar-refractivity contribution in [1.29, 1.82) is 0 Å². The summed E-state index contributed by atoms with van der Waals surface area (Å²) in [5, 5.41) is 9.71. The van der Waals surface area contributed by atoms with Gasteiger partial charge in [-0.3, -0.25) is 0 Å². The van der Waals surface area contributed by atoms with E-state index in [2.05, 4.69) is 11.8 Å². The molecule has 0 aromatic carbocycles. The highest BCUT2D eigenvalue weighted by atomic mass is 16.3. The summed E-state index contributed by atoms with van der Waals surface area (Å²) in [6.07, 6.45) is 5.35. The third-order valence-electron chi connectivity index (χ3n) is 5.14. The molecule has 0 amide bonds. The number of aryl methyl sites for hydroxylation is 2. The first-order chi connectivity index (χ1) is 9.20. The molecule has 4 nitrogen and oxygen atoms in total. The number of nitrogens with zero attached hydrogens (tertiary/aromatic N) is 3. The first-order valence-electron chi connectivity index (χ1n) is 7.50. The highest BCUT2D eigenvalue weighted by Crippen LogP contribution is 2.39. The molecule has 1 aromatic rings. The average Bonchev–Trinajstić information content (AvgIpc) is 3.01. The van der Waals surface area contributed by atoms with Gasteiger partial charge in [-0.25, -0.2) is 9.97 Å². The zero-order chi connectivity index (χ0) is 13.0. The molecule has 2 heterocycles. The summed E-state index contributed by atoms with van der Waals surface area (Å²) in [5.74, 6) is 2.22. The van der Waals surface area contributed by atoms with Crippen molar-refractivity contribution in [2.75, 3.05) is 18.0 Å². The Morgan fingerprint density at radius 1 is 1.11 bits per heavy atom. The molecule has 0 bridgehead atoms. The molecule has 1 N–H and O–H groups in total. The summed E-state index contributed by atoms with van der Waals surface area (Å²) < 4.78 is 0. The molecule has 1 saturated carbocycles. The lowest BCUT2D eigenvalue weighted by molar-refractivity contribution is 0.174. The lowest BCUT2D eigenvalue weighted by Crippen LogP contribution is -2.25. The molecule has 1 aromatic heterocycles. The summed E-state index contributed by atoms with van der Waals surface area (Å²) in [6.45, 7) is 4.18. The quantitative estimate of drug-likeness (QED) is 0.830. The number of aliphatic hydroxyl groups excluding tert-OH is 1. The molecule has 1 unspecified atom stereocenters. The minimum Gasteiger partial charge on any atom is -0.393 e. The van der Waals surface area contributed by atoms with E-state index in [-0.39, 0.29) is 6.10 Å². The van der Waals surface area contributed by atoms with E-state index in [4.69, 9.17) is 9.97 Å². The van der Waals surface area contributed by atoms with Crippen molar-refractivity contribution in [1.82, 2.24) is 9.97 Å². The number of anilines is 1. The number of hydrogen-bond donors (Lipinski definition) is 1. The standard InChI is InChI=1S/C15H21N3O/c1-9-13-3-2-4-14(13)17-15(16-9)18-7-10-5-12(19)6-11(10)8-18/h10-12,19H,2-8H2,1H3/t10-,11+,12?. The highest BCUT2D eigenvalue weighted by molar-refractivity contribution is 5.40. The molecule has 3 atom stereocenters. The molecular weight excluding hydrogens is 238 g/mol. The van der Waals surface area contributed by atoms with E-state index in [1.165, 1.54) is 23.4 Å². The predicted molar refractivity (Wildman–Crippen MR) is 73.2 cm³/mol. The molecule has 4 rings (SSSR count). The Kier molecular flexibility index (Phi) is 2.56. The Hall–Kier alpha value is -1.16. The van der Waals surface area contributed by atoms with Crippen LogP contribution >= 0.6 is 0 Å². The van der Waals surface area contributed by atoms with Gasteiger partial charge in [0.2, 0.25) is 5.95 Å². The fraction of sp³-hybridized carbons (Fsp3) is 0.733. The van der Waals surface area contributed by atoms with Gasteiger partial charge in [-0.2, -0.15) is 0 Å². The van der Waals surface area contributed by atoms with Crippen LogP contribution in [0.5, 0.6) is 0 Å². The summed E-state index contributed by atoms with van der Waals surface area (Å²) in [5.41, 5.74) is 3.84. The lowest BCUT2D eigenvalue weighted by atomic mass is 10.0. The summed E-state index contributed by atoms with van der Waals surface area (Å²) in [4.78, 5) is 11.9. The van der Waals surface area contributed by atoms with E-state index >= 15 is 0 Å². The maximum Gasteiger partial charge on any atom is 0.225 e. The highest BCUT2D eigenvalue weighted by Gasteiger charge is 2.41. The Morgan fingerprint density at radius 2 is 1.84 bits per heavy atom. The minimum atomic E-state index is -0.0696. The zero-order valence-corrected chi connectivity index (χ0v) is 11.5. The maximum atomic E-state index is 9.71. The monoisotopic (exact) mass is 259 g/mol. The summed E-state index contributed by atoms with van der Waals surface area (Å²) in [6, 6.07) is 0. The van der Waals surface area contributed by atoms with Gasteiger partial charge >= 0.3 is 0 Å². The van der Waals surface area contributed by atoms with Crippen LogP contribution in [0.25, 0.3) is 0 Å². The first kappa shape index (κ1) is 11.6. The summed E-state index contributed by atoms with van der Waals surface area (Å²) >= 11 is 0. The van der Waals surface area contributed by atoms with Crippen molar-refractivity contribution < 1.29 is 5.11 Å². The number of rotatable bonds is 1. The second kappa shape index (κ2) is 4.17. The van der Waals surface area contributed by atoms with E-state index in [0.29, 0.717) is 11.8 Å². The summed E-state index contributed by atoms with van der Waals surface area (Å²) in [7, 11) is 0. The van der Waals surface area contributed by atoms with Crippen molar-refractivity contribution in [3.8, 4) is 0 Å². The van der Waals surface area contributed by atoms with Crippen LogP contribution in [0.1, 0.15) is 36.2 Å². The van der Waals surface area contributed by atoms with Crippen LogP contribution in [0.4, 0.5) is 5.95 Å². The fourth-order valence-corrected chi connectivity index (χ4v) is 4.18. The van der Waals surface area contributed by atoms with Gasteiger partial charge in [0, 0.05) is 24.5 Å². The molecule has 1 aliphatic heterocycles. The van der Waals surface area contributed by atoms with Crippen LogP contribution < -0.4 is 4.90 Å². The van der Waals surface area contributed by atoms with Crippen molar-refractivity contribution in [2.45, 2.75) is 45.1 Å². The second-order valence-electron chi connectivity index (χ2n) is 6.44. The Bertz CT molecular complexity index is 502. The Labute approximate surface area is 113 Å². The van der Waals surface area contributed by atoms with Gasteiger partial charge in [0.25, 0.3) is 0 Å². The normalized spacial score (nSPS) is 32.7. The van der Waals surface area contributed by atoms with Gasteiger partial charge in [0.1, 0.15) is 0 Å². The van der Waals surface area contributed by atoms with Gasteiger partial charge in [-0.15, -0.1) is 0 Å². The third-order valence-corrected chi connectivity index (χ3v) is 5.14. The zero-order valence-electron chi connectivity index (χ0n) is 11.5. The van der Waals surface area contributed by atoms with Crippen LogP contribution in [0, 0.1) is 18.8 Å². The Morgan fingerprint density at radius 3 is 2.58 bits per heavy atom. The topological polar surface area (TPSA) is 49.2 Å². The molecular formula is C15H21N3O. The van der Waals surface area contributed by atoms with E-state index in [1.54, 1.807) is 0 Å². The van der Waals surface area contributed by atoms with E-state index < -0.39 is 0 Å². The van der Waals surface area contributed by atoms with Gasteiger partial charge in [0.15, 0.2) is 0 Å². The molecule has 0 spiro atoms. The number of hydrogen-bond acceptors (Lipinski definition) is 4. The SMILES string of the molecule is Cc1nc(N2C[C@H]3CC(O)C[C@H]3C2)nc2c1CCC2. The van der Waals surface area contributed by atoms with E-state index in [0.717, 1.165) is 44.7 Å². The fourth-order valence-electron chi connectivity index (χ4n) is 4.18. The third kappa shape index (κ3) is 1.84. The van der Waals surface area contributed by atoms with Crippen LogP contribution in [0.15, 0.2) is 0 Å². The molecule has 1 saturated heterocycles. The molecule has 4 heteroatoms. The average molecular weight is 259 g/mol. The second-order valence-corrected chi connectivity index (χ2v) is 6.44. The Balaban J connectivity index is 1.60. The van der Waals surface area contributed by atoms with Gasteiger partial charge < -0.3 is 10.0 Å².